The quantitative estimate of drug-likeness (QED) is 0.700. The molecular weight excluding hydrogens is 246 g/mol. The van der Waals surface area contributed by atoms with E-state index in [2.05, 4.69) is 25.6 Å². The van der Waals surface area contributed by atoms with Gasteiger partial charge in [-0.3, -0.25) is 9.69 Å². The van der Waals surface area contributed by atoms with E-state index >= 15 is 0 Å². The van der Waals surface area contributed by atoms with Crippen LogP contribution in [0.3, 0.4) is 0 Å². The molecule has 0 fully saturated rings. The highest BCUT2D eigenvalue weighted by atomic mass is 16.2. The Labute approximate surface area is 118 Å². The Kier molecular flexibility index (Phi) is 2.19. The molecule has 0 N–H and O–H groups in total. The fourth-order valence-electron chi connectivity index (χ4n) is 3.49. The number of carbonyl (C=O) groups excluding carboxylic acids is 1. The van der Waals surface area contributed by atoms with Crippen molar-refractivity contribution in [2.75, 3.05) is 4.90 Å². The average Bonchev–Trinajstić information content (AvgIpc) is 2.79. The number of anilines is 1. The van der Waals surface area contributed by atoms with Crippen LogP contribution in [0.15, 0.2) is 55.1 Å². The molecule has 2 aliphatic heterocycles. The van der Waals surface area contributed by atoms with Gasteiger partial charge in [0.05, 0.1) is 11.7 Å². The number of fused-ring (bicyclic) bond motifs is 5. The molecule has 0 aliphatic carbocycles. The number of benzene rings is 2. The monoisotopic (exact) mass is 261 g/mol. The lowest BCUT2D eigenvalue weighted by Gasteiger charge is -2.38. The Balaban J connectivity index is 2.01. The molecule has 2 nitrogen and oxygen atoms in total. The van der Waals surface area contributed by atoms with Gasteiger partial charge >= 0.3 is 0 Å². The summed E-state index contributed by atoms with van der Waals surface area (Å²) < 4.78 is 0. The predicted molar refractivity (Wildman–Crippen MR) is 80.6 cm³/mol. The van der Waals surface area contributed by atoms with Gasteiger partial charge in [0.2, 0.25) is 0 Å². The molecule has 2 aromatic carbocycles. The summed E-state index contributed by atoms with van der Waals surface area (Å²) in [6.45, 7) is 6.41. The van der Waals surface area contributed by atoms with Gasteiger partial charge in [0.15, 0.2) is 0 Å². The van der Waals surface area contributed by atoms with Crippen LogP contribution in [-0.2, 0) is 0 Å². The molecule has 0 spiro atoms. The minimum atomic E-state index is 0.0844. The number of hydrogen-bond donors (Lipinski definition) is 0. The van der Waals surface area contributed by atoms with Crippen LogP contribution in [0.5, 0.6) is 0 Å². The van der Waals surface area contributed by atoms with Crippen molar-refractivity contribution < 1.29 is 4.79 Å². The zero-order valence-corrected chi connectivity index (χ0v) is 11.3. The van der Waals surface area contributed by atoms with Crippen LogP contribution in [0.2, 0.25) is 0 Å². The van der Waals surface area contributed by atoms with Gasteiger partial charge in [0.25, 0.3) is 5.91 Å². The SMILES string of the molecule is C=C1c2ccccc2N2C(=O)c3ccccc3[C@@H]2[C@H]1C. The summed E-state index contributed by atoms with van der Waals surface area (Å²) in [6, 6.07) is 16.1. The van der Waals surface area contributed by atoms with E-state index in [1.165, 1.54) is 0 Å². The summed E-state index contributed by atoms with van der Waals surface area (Å²) in [7, 11) is 0. The van der Waals surface area contributed by atoms with Crippen molar-refractivity contribution in [3.63, 3.8) is 0 Å². The summed E-state index contributed by atoms with van der Waals surface area (Å²) in [5.41, 5.74) is 5.15. The van der Waals surface area contributed by atoms with Crippen molar-refractivity contribution in [1.29, 1.82) is 0 Å². The van der Waals surface area contributed by atoms with Crippen molar-refractivity contribution in [1.82, 2.24) is 0 Å². The molecule has 1 amide bonds. The fraction of sp³-hybridized carbons (Fsp3) is 0.167. The van der Waals surface area contributed by atoms with Gasteiger partial charge in [-0.2, -0.15) is 0 Å². The lowest BCUT2D eigenvalue weighted by Crippen LogP contribution is -2.35. The summed E-state index contributed by atoms with van der Waals surface area (Å²) >= 11 is 0. The van der Waals surface area contributed by atoms with E-state index in [0.717, 1.165) is 28.0 Å². The second kappa shape index (κ2) is 3.83. The number of amides is 1. The number of carbonyl (C=O) groups is 1. The summed E-state index contributed by atoms with van der Waals surface area (Å²) in [4.78, 5) is 14.7. The maximum Gasteiger partial charge on any atom is 0.259 e. The van der Waals surface area contributed by atoms with E-state index in [1.54, 1.807) is 0 Å². The van der Waals surface area contributed by atoms with Crippen LogP contribution in [0.1, 0.15) is 34.5 Å². The molecule has 0 unspecified atom stereocenters. The van der Waals surface area contributed by atoms with Gasteiger partial charge in [-0.25, -0.2) is 0 Å². The highest BCUT2D eigenvalue weighted by molar-refractivity contribution is 6.13. The van der Waals surface area contributed by atoms with Crippen molar-refractivity contribution in [3.8, 4) is 0 Å². The molecule has 2 atom stereocenters. The van der Waals surface area contributed by atoms with E-state index in [4.69, 9.17) is 0 Å². The summed E-state index contributed by atoms with van der Waals surface area (Å²) in [6.07, 6.45) is 0. The summed E-state index contributed by atoms with van der Waals surface area (Å²) in [5, 5.41) is 0. The van der Waals surface area contributed by atoms with Gasteiger partial charge in [0.1, 0.15) is 0 Å². The second-order valence-corrected chi connectivity index (χ2v) is 5.54. The highest BCUT2D eigenvalue weighted by Gasteiger charge is 2.45. The number of nitrogens with zero attached hydrogens (tertiary/aromatic N) is 1. The minimum Gasteiger partial charge on any atom is -0.300 e. The predicted octanol–water partition coefficient (Wildman–Crippen LogP) is 4.05. The average molecular weight is 261 g/mol. The van der Waals surface area contributed by atoms with Gasteiger partial charge in [0, 0.05) is 17.0 Å². The Morgan fingerprint density at radius 2 is 1.65 bits per heavy atom. The van der Waals surface area contributed by atoms with Gasteiger partial charge in [-0.05, 0) is 23.3 Å². The number of para-hydroxylation sites is 1. The van der Waals surface area contributed by atoms with Crippen molar-refractivity contribution in [2.45, 2.75) is 13.0 Å². The molecule has 0 aromatic heterocycles. The van der Waals surface area contributed by atoms with Crippen molar-refractivity contribution in [3.05, 3.63) is 71.8 Å². The largest absolute Gasteiger partial charge is 0.300 e. The molecule has 0 saturated heterocycles. The Hall–Kier alpha value is -2.35. The first kappa shape index (κ1) is 11.5. The second-order valence-electron chi connectivity index (χ2n) is 5.54. The standard InChI is InChI=1S/C18H15NO/c1-11-12(2)17-14-8-3-4-9-15(14)18(20)19(17)16-10-6-5-7-13(11)16/h3-10,12,17H,1H2,2H3/t12-,17-/m0/s1. The molecule has 2 heterocycles. The molecule has 2 aliphatic rings. The number of rotatable bonds is 0. The number of hydrogen-bond acceptors (Lipinski definition) is 1. The maximum absolute atomic E-state index is 12.7. The molecule has 0 saturated carbocycles. The van der Waals surface area contributed by atoms with Crippen LogP contribution >= 0.6 is 0 Å². The fourth-order valence-corrected chi connectivity index (χ4v) is 3.49. The minimum absolute atomic E-state index is 0.0844. The van der Waals surface area contributed by atoms with Crippen molar-refractivity contribution in [2.24, 2.45) is 5.92 Å². The van der Waals surface area contributed by atoms with Crippen LogP contribution in [0.25, 0.3) is 5.57 Å². The van der Waals surface area contributed by atoms with E-state index < -0.39 is 0 Å². The molecule has 4 rings (SSSR count). The Bertz CT molecular complexity index is 747. The molecular formula is C18H15NO. The lowest BCUT2D eigenvalue weighted by molar-refractivity contribution is 0.0987. The molecule has 0 bridgehead atoms. The van der Waals surface area contributed by atoms with Gasteiger partial charge in [-0.15, -0.1) is 0 Å². The lowest BCUT2D eigenvalue weighted by atomic mass is 9.81. The first-order valence-electron chi connectivity index (χ1n) is 6.91. The Morgan fingerprint density at radius 1 is 1.00 bits per heavy atom. The first-order valence-corrected chi connectivity index (χ1v) is 6.91. The van der Waals surface area contributed by atoms with E-state index in [0.29, 0.717) is 0 Å². The molecule has 0 radical (unpaired) electrons. The van der Waals surface area contributed by atoms with E-state index in [-0.39, 0.29) is 17.9 Å². The third kappa shape index (κ3) is 1.26. The molecule has 2 heteroatoms. The van der Waals surface area contributed by atoms with Gasteiger partial charge in [-0.1, -0.05) is 49.9 Å². The summed E-state index contributed by atoms with van der Waals surface area (Å²) in [5.74, 6) is 0.342. The van der Waals surface area contributed by atoms with E-state index in [9.17, 15) is 4.79 Å². The molecule has 98 valence electrons. The van der Waals surface area contributed by atoms with Crippen molar-refractivity contribution >= 4 is 17.2 Å². The zero-order valence-electron chi connectivity index (χ0n) is 11.3. The van der Waals surface area contributed by atoms with Crippen LogP contribution in [0, 0.1) is 5.92 Å². The zero-order chi connectivity index (χ0) is 13.9. The maximum atomic E-state index is 12.7. The molecule has 20 heavy (non-hydrogen) atoms. The van der Waals surface area contributed by atoms with Crippen LogP contribution in [0.4, 0.5) is 5.69 Å². The third-order valence-electron chi connectivity index (χ3n) is 4.54. The third-order valence-corrected chi connectivity index (χ3v) is 4.54. The van der Waals surface area contributed by atoms with Crippen LogP contribution in [-0.4, -0.2) is 5.91 Å². The van der Waals surface area contributed by atoms with Crippen LogP contribution < -0.4 is 4.90 Å². The Morgan fingerprint density at radius 3 is 2.45 bits per heavy atom. The smallest absolute Gasteiger partial charge is 0.259 e. The highest BCUT2D eigenvalue weighted by Crippen LogP contribution is 2.51. The molecule has 2 aromatic rings. The topological polar surface area (TPSA) is 20.3 Å². The van der Waals surface area contributed by atoms with E-state index in [1.807, 2.05) is 41.3 Å². The normalized spacial score (nSPS) is 23.4. The first-order chi connectivity index (χ1) is 9.70. The van der Waals surface area contributed by atoms with Gasteiger partial charge < -0.3 is 0 Å².